The summed E-state index contributed by atoms with van der Waals surface area (Å²) in [5.74, 6) is -1.19. The Morgan fingerprint density at radius 2 is 1.96 bits per heavy atom. The molecule has 1 aliphatic heterocycles. The second kappa shape index (κ2) is 7.34. The molecule has 0 radical (unpaired) electrons. The smallest absolute Gasteiger partial charge is 0.321 e. The van der Waals surface area contributed by atoms with Gasteiger partial charge in [-0.2, -0.15) is 0 Å². The first-order valence-corrected chi connectivity index (χ1v) is 8.33. The van der Waals surface area contributed by atoms with Gasteiger partial charge >= 0.3 is 12.0 Å². The number of likely N-dealkylation sites (tertiary alicyclic amines) is 1. The van der Waals surface area contributed by atoms with E-state index in [-0.39, 0.29) is 18.5 Å². The van der Waals surface area contributed by atoms with Crippen molar-refractivity contribution in [2.24, 2.45) is 11.8 Å². The van der Waals surface area contributed by atoms with Gasteiger partial charge in [0.2, 0.25) is 0 Å². The van der Waals surface area contributed by atoms with Gasteiger partial charge in [-0.1, -0.05) is 37.3 Å². The van der Waals surface area contributed by atoms with E-state index >= 15 is 0 Å². The summed E-state index contributed by atoms with van der Waals surface area (Å²) in [5, 5.41) is 12.1. The molecule has 0 saturated carbocycles. The molecule has 2 unspecified atom stereocenters. The number of aliphatic carboxylic acids is 1. The first-order chi connectivity index (χ1) is 12.0. The number of pyridine rings is 1. The van der Waals surface area contributed by atoms with Crippen molar-refractivity contribution in [1.29, 1.82) is 0 Å². The largest absolute Gasteiger partial charge is 0.481 e. The second-order valence-corrected chi connectivity index (χ2v) is 6.51. The molecule has 0 aliphatic carbocycles. The molecule has 1 aromatic heterocycles. The Labute approximate surface area is 146 Å². The van der Waals surface area contributed by atoms with Crippen LogP contribution in [0.3, 0.4) is 0 Å². The lowest BCUT2D eigenvalue weighted by Crippen LogP contribution is -2.47. The lowest BCUT2D eigenvalue weighted by molar-refractivity contribution is -0.143. The Balaban J connectivity index is 1.72. The fourth-order valence-corrected chi connectivity index (χ4v) is 3.17. The molecule has 1 aliphatic rings. The summed E-state index contributed by atoms with van der Waals surface area (Å²) in [5.41, 5.74) is 2.38. The minimum atomic E-state index is -0.848. The predicted octanol–water partition coefficient (Wildman–Crippen LogP) is 3.32. The van der Waals surface area contributed by atoms with Gasteiger partial charge in [-0.25, -0.2) is 4.79 Å². The van der Waals surface area contributed by atoms with Crippen molar-refractivity contribution >= 4 is 17.7 Å². The summed E-state index contributed by atoms with van der Waals surface area (Å²) in [6, 6.07) is 13.0. The van der Waals surface area contributed by atoms with Gasteiger partial charge in [-0.15, -0.1) is 0 Å². The summed E-state index contributed by atoms with van der Waals surface area (Å²) in [6.45, 7) is 2.77. The fraction of sp³-hybridized carbons (Fsp3) is 0.316. The molecule has 1 saturated heterocycles. The third-order valence-corrected chi connectivity index (χ3v) is 4.38. The number of urea groups is 1. The van der Waals surface area contributed by atoms with E-state index in [1.54, 1.807) is 17.2 Å². The Morgan fingerprint density at radius 1 is 1.20 bits per heavy atom. The van der Waals surface area contributed by atoms with Crippen molar-refractivity contribution in [3.8, 4) is 11.3 Å². The highest BCUT2D eigenvalue weighted by Crippen LogP contribution is 2.24. The van der Waals surface area contributed by atoms with Gasteiger partial charge in [0.25, 0.3) is 0 Å². The molecule has 130 valence electrons. The molecular weight excluding hydrogens is 318 g/mol. The van der Waals surface area contributed by atoms with Gasteiger partial charge in [-0.05, 0) is 24.5 Å². The number of carbonyl (C=O) groups excluding carboxylic acids is 1. The molecule has 2 heterocycles. The number of aromatic nitrogens is 1. The van der Waals surface area contributed by atoms with Crippen LogP contribution in [0, 0.1) is 11.8 Å². The minimum Gasteiger partial charge on any atom is -0.481 e. The highest BCUT2D eigenvalue weighted by molar-refractivity contribution is 5.90. The van der Waals surface area contributed by atoms with Crippen LogP contribution in [-0.4, -0.2) is 40.1 Å². The Morgan fingerprint density at radius 3 is 2.68 bits per heavy atom. The topological polar surface area (TPSA) is 82.5 Å². The molecule has 2 atom stereocenters. The molecule has 1 aromatic carbocycles. The molecule has 0 spiro atoms. The van der Waals surface area contributed by atoms with Crippen molar-refractivity contribution in [2.75, 3.05) is 18.4 Å². The summed E-state index contributed by atoms with van der Waals surface area (Å²) < 4.78 is 0. The predicted molar refractivity (Wildman–Crippen MR) is 95.2 cm³/mol. The summed E-state index contributed by atoms with van der Waals surface area (Å²) >= 11 is 0. The molecule has 25 heavy (non-hydrogen) atoms. The number of piperidine rings is 1. The van der Waals surface area contributed by atoms with Crippen molar-refractivity contribution in [3.05, 3.63) is 48.7 Å². The molecule has 2 aromatic rings. The summed E-state index contributed by atoms with van der Waals surface area (Å²) in [4.78, 5) is 29.7. The van der Waals surface area contributed by atoms with Gasteiger partial charge in [0.1, 0.15) is 0 Å². The molecular formula is C19H21N3O3. The number of carbonyl (C=O) groups is 2. The van der Waals surface area contributed by atoms with Crippen LogP contribution in [0.1, 0.15) is 13.3 Å². The molecule has 6 heteroatoms. The molecule has 2 N–H and O–H groups in total. The third-order valence-electron chi connectivity index (χ3n) is 4.38. The fourth-order valence-electron chi connectivity index (χ4n) is 3.17. The number of carboxylic acids is 1. The Hall–Kier alpha value is -2.89. The zero-order valence-corrected chi connectivity index (χ0v) is 14.1. The lowest BCUT2D eigenvalue weighted by atomic mass is 9.91. The number of carboxylic acid groups (broad SMARTS) is 1. The number of amides is 2. The number of nitrogens with one attached hydrogen (secondary N) is 1. The van der Waals surface area contributed by atoms with Crippen LogP contribution in [0.15, 0.2) is 48.7 Å². The normalized spacial score (nSPS) is 20.1. The summed E-state index contributed by atoms with van der Waals surface area (Å²) in [6.07, 6.45) is 2.25. The van der Waals surface area contributed by atoms with E-state index in [1.807, 2.05) is 43.3 Å². The first-order valence-electron chi connectivity index (χ1n) is 8.33. The molecule has 0 bridgehead atoms. The average Bonchev–Trinajstić information content (AvgIpc) is 2.62. The number of rotatable bonds is 3. The second-order valence-electron chi connectivity index (χ2n) is 6.51. The number of hydrogen-bond donors (Lipinski definition) is 2. The van der Waals surface area contributed by atoms with E-state index in [0.717, 1.165) is 11.3 Å². The van der Waals surface area contributed by atoms with Crippen molar-refractivity contribution < 1.29 is 14.7 Å². The number of hydrogen-bond acceptors (Lipinski definition) is 3. The van der Waals surface area contributed by atoms with Gasteiger partial charge in [0, 0.05) is 30.5 Å². The Kier molecular flexibility index (Phi) is 4.97. The van der Waals surface area contributed by atoms with E-state index < -0.39 is 11.9 Å². The first kappa shape index (κ1) is 17.0. The summed E-state index contributed by atoms with van der Waals surface area (Å²) in [7, 11) is 0. The van der Waals surface area contributed by atoms with E-state index in [2.05, 4.69) is 10.3 Å². The van der Waals surface area contributed by atoms with Crippen LogP contribution in [0.4, 0.5) is 10.5 Å². The van der Waals surface area contributed by atoms with Gasteiger partial charge in [0.15, 0.2) is 0 Å². The average molecular weight is 339 g/mol. The van der Waals surface area contributed by atoms with Crippen LogP contribution in [0.2, 0.25) is 0 Å². The molecule has 2 amide bonds. The van der Waals surface area contributed by atoms with Crippen molar-refractivity contribution in [1.82, 2.24) is 9.88 Å². The molecule has 1 fully saturated rings. The zero-order valence-electron chi connectivity index (χ0n) is 14.1. The van der Waals surface area contributed by atoms with E-state index in [1.165, 1.54) is 0 Å². The maximum Gasteiger partial charge on any atom is 0.321 e. The van der Waals surface area contributed by atoms with Crippen LogP contribution in [0.25, 0.3) is 11.3 Å². The van der Waals surface area contributed by atoms with Crippen LogP contribution in [-0.2, 0) is 4.79 Å². The van der Waals surface area contributed by atoms with Crippen LogP contribution < -0.4 is 5.32 Å². The standard InChI is InChI=1S/C19H21N3O3/c1-13-9-15(18(23)24)12-22(11-13)19(25)21-16-7-8-20-17(10-16)14-5-3-2-4-6-14/h2-8,10,13,15H,9,11-12H2,1H3,(H,23,24)(H,20,21,25). The highest BCUT2D eigenvalue weighted by atomic mass is 16.4. The number of nitrogens with zero attached hydrogens (tertiary/aromatic N) is 2. The van der Waals surface area contributed by atoms with Gasteiger partial charge in [-0.3, -0.25) is 9.78 Å². The Bertz CT molecular complexity index is 764. The van der Waals surface area contributed by atoms with E-state index in [4.69, 9.17) is 0 Å². The number of anilines is 1. The zero-order chi connectivity index (χ0) is 17.8. The SMILES string of the molecule is CC1CC(C(=O)O)CN(C(=O)Nc2ccnc(-c3ccccc3)c2)C1. The number of benzene rings is 1. The van der Waals surface area contributed by atoms with Crippen molar-refractivity contribution in [2.45, 2.75) is 13.3 Å². The molecule has 3 rings (SSSR count). The maximum absolute atomic E-state index is 12.5. The lowest BCUT2D eigenvalue weighted by Gasteiger charge is -2.34. The van der Waals surface area contributed by atoms with Gasteiger partial charge < -0.3 is 15.3 Å². The monoisotopic (exact) mass is 339 g/mol. The van der Waals surface area contributed by atoms with Gasteiger partial charge in [0.05, 0.1) is 11.6 Å². The maximum atomic E-state index is 12.5. The van der Waals surface area contributed by atoms with E-state index in [9.17, 15) is 14.7 Å². The quantitative estimate of drug-likeness (QED) is 0.898. The minimum absolute atomic E-state index is 0.165. The van der Waals surface area contributed by atoms with Crippen molar-refractivity contribution in [3.63, 3.8) is 0 Å². The molecule has 6 nitrogen and oxygen atoms in total. The highest BCUT2D eigenvalue weighted by Gasteiger charge is 2.31. The van der Waals surface area contributed by atoms with Crippen LogP contribution >= 0.6 is 0 Å². The third kappa shape index (κ3) is 4.15. The van der Waals surface area contributed by atoms with E-state index in [0.29, 0.717) is 18.7 Å². The van der Waals surface area contributed by atoms with Crippen LogP contribution in [0.5, 0.6) is 0 Å².